The van der Waals surface area contributed by atoms with Crippen LogP contribution in [0.5, 0.6) is 0 Å². The molecule has 3 rings (SSSR count). The number of nitrogens with one attached hydrogen (secondary N) is 1. The van der Waals surface area contributed by atoms with E-state index in [0.29, 0.717) is 16.6 Å². The van der Waals surface area contributed by atoms with Crippen LogP contribution in [0.4, 0.5) is 0 Å². The third-order valence-electron chi connectivity index (χ3n) is 3.79. The highest BCUT2D eigenvalue weighted by Crippen LogP contribution is 2.35. The first kappa shape index (κ1) is 18.8. The Labute approximate surface area is 167 Å². The fourth-order valence-corrected chi connectivity index (χ4v) is 3.86. The van der Waals surface area contributed by atoms with Crippen molar-refractivity contribution in [3.05, 3.63) is 100 Å². The summed E-state index contributed by atoms with van der Waals surface area (Å²) in [4.78, 5) is 13.9. The molecule has 1 N–H and O–H groups in total. The Morgan fingerprint density at radius 2 is 1.54 bits per heavy atom. The summed E-state index contributed by atoms with van der Waals surface area (Å²) in [5, 5.41) is 3.66. The van der Waals surface area contributed by atoms with Gasteiger partial charge in [0.1, 0.15) is 5.25 Å². The summed E-state index contributed by atoms with van der Waals surface area (Å²) in [6.07, 6.45) is 0. The molecule has 26 heavy (non-hydrogen) atoms. The lowest BCUT2D eigenvalue weighted by Crippen LogP contribution is -2.27. The summed E-state index contributed by atoms with van der Waals surface area (Å²) >= 11 is 13.5. The van der Waals surface area contributed by atoms with Crippen LogP contribution in [0.3, 0.4) is 0 Å². The van der Waals surface area contributed by atoms with Crippen molar-refractivity contribution >= 4 is 40.9 Å². The standard InChI is InChI=1S/C21H17Cl2NOS/c22-18-12-11-15(13-19(18)23)14-24-21(25)20(16-7-3-1-4-8-16)26-17-9-5-2-6-10-17/h1-13,20H,14H2,(H,24,25)/t20-/m1/s1. The smallest absolute Gasteiger partial charge is 0.238 e. The predicted molar refractivity (Wildman–Crippen MR) is 110 cm³/mol. The Balaban J connectivity index is 1.75. The summed E-state index contributed by atoms with van der Waals surface area (Å²) in [5.41, 5.74) is 1.87. The topological polar surface area (TPSA) is 29.1 Å². The van der Waals surface area contributed by atoms with Crippen molar-refractivity contribution < 1.29 is 4.79 Å². The van der Waals surface area contributed by atoms with E-state index in [-0.39, 0.29) is 11.2 Å². The molecule has 0 aliphatic carbocycles. The van der Waals surface area contributed by atoms with E-state index in [2.05, 4.69) is 5.32 Å². The number of rotatable bonds is 6. The van der Waals surface area contributed by atoms with Gasteiger partial charge in [-0.15, -0.1) is 11.8 Å². The molecule has 0 aliphatic heterocycles. The number of hydrogen-bond acceptors (Lipinski definition) is 2. The van der Waals surface area contributed by atoms with Gasteiger partial charge in [0.2, 0.25) is 5.91 Å². The first-order chi connectivity index (χ1) is 12.6. The zero-order chi connectivity index (χ0) is 18.4. The number of carbonyl (C=O) groups is 1. The largest absolute Gasteiger partial charge is 0.351 e. The molecule has 0 aliphatic rings. The molecule has 2 nitrogen and oxygen atoms in total. The molecule has 0 fully saturated rings. The van der Waals surface area contributed by atoms with Crippen molar-refractivity contribution in [1.82, 2.24) is 5.32 Å². The first-order valence-electron chi connectivity index (χ1n) is 8.12. The molecule has 0 spiro atoms. The van der Waals surface area contributed by atoms with Crippen LogP contribution >= 0.6 is 35.0 Å². The Kier molecular flexibility index (Phi) is 6.62. The fourth-order valence-electron chi connectivity index (χ4n) is 2.47. The average molecular weight is 402 g/mol. The van der Waals surface area contributed by atoms with Gasteiger partial charge in [0.15, 0.2) is 0 Å². The van der Waals surface area contributed by atoms with Gasteiger partial charge >= 0.3 is 0 Å². The van der Waals surface area contributed by atoms with Gasteiger partial charge in [-0.05, 0) is 35.4 Å². The van der Waals surface area contributed by atoms with E-state index >= 15 is 0 Å². The van der Waals surface area contributed by atoms with Crippen molar-refractivity contribution in [2.45, 2.75) is 16.7 Å². The molecule has 1 amide bonds. The SMILES string of the molecule is O=C(NCc1ccc(Cl)c(Cl)c1)[C@H](Sc1ccccc1)c1ccccc1. The minimum Gasteiger partial charge on any atom is -0.351 e. The van der Waals surface area contributed by atoms with Gasteiger partial charge in [0.05, 0.1) is 10.0 Å². The first-order valence-corrected chi connectivity index (χ1v) is 9.75. The number of thioether (sulfide) groups is 1. The zero-order valence-electron chi connectivity index (χ0n) is 13.9. The Morgan fingerprint density at radius 3 is 2.19 bits per heavy atom. The van der Waals surface area contributed by atoms with Crippen LogP contribution < -0.4 is 5.32 Å². The lowest BCUT2D eigenvalue weighted by Gasteiger charge is -2.17. The number of halogens is 2. The van der Waals surface area contributed by atoms with Gasteiger partial charge in [-0.25, -0.2) is 0 Å². The number of carbonyl (C=O) groups excluding carboxylic acids is 1. The van der Waals surface area contributed by atoms with Crippen LogP contribution in [0, 0.1) is 0 Å². The van der Waals surface area contributed by atoms with Crippen molar-refractivity contribution in [3.8, 4) is 0 Å². The van der Waals surface area contributed by atoms with E-state index in [1.807, 2.05) is 66.7 Å². The highest BCUT2D eigenvalue weighted by Gasteiger charge is 2.21. The second-order valence-corrected chi connectivity index (χ2v) is 7.68. The highest BCUT2D eigenvalue weighted by molar-refractivity contribution is 8.00. The summed E-state index contributed by atoms with van der Waals surface area (Å²) in [5.74, 6) is -0.0453. The van der Waals surface area contributed by atoms with E-state index < -0.39 is 0 Å². The molecule has 0 saturated carbocycles. The number of amides is 1. The number of hydrogen-bond donors (Lipinski definition) is 1. The van der Waals surface area contributed by atoms with E-state index in [1.54, 1.807) is 12.1 Å². The van der Waals surface area contributed by atoms with Crippen LogP contribution in [0.25, 0.3) is 0 Å². The van der Waals surface area contributed by atoms with E-state index in [0.717, 1.165) is 16.0 Å². The molecule has 1 atom stereocenters. The van der Waals surface area contributed by atoms with E-state index in [1.165, 1.54) is 11.8 Å². The van der Waals surface area contributed by atoms with Crippen LogP contribution in [-0.4, -0.2) is 5.91 Å². The molecule has 5 heteroatoms. The highest BCUT2D eigenvalue weighted by atomic mass is 35.5. The summed E-state index contributed by atoms with van der Waals surface area (Å²) < 4.78 is 0. The van der Waals surface area contributed by atoms with Gasteiger partial charge in [-0.2, -0.15) is 0 Å². The molecule has 132 valence electrons. The average Bonchev–Trinajstić information content (AvgIpc) is 2.68. The molecule has 0 bridgehead atoms. The van der Waals surface area contributed by atoms with Crippen LogP contribution in [0.15, 0.2) is 83.8 Å². The van der Waals surface area contributed by atoms with Gasteiger partial charge in [0.25, 0.3) is 0 Å². The van der Waals surface area contributed by atoms with Crippen molar-refractivity contribution in [2.75, 3.05) is 0 Å². The molecule has 0 unspecified atom stereocenters. The Bertz CT molecular complexity index is 872. The van der Waals surface area contributed by atoms with Gasteiger partial charge in [-0.3, -0.25) is 4.79 Å². The normalized spacial score (nSPS) is 11.8. The fraction of sp³-hybridized carbons (Fsp3) is 0.0952. The molecule has 0 radical (unpaired) electrons. The second-order valence-electron chi connectivity index (χ2n) is 5.69. The van der Waals surface area contributed by atoms with Crippen LogP contribution in [0.1, 0.15) is 16.4 Å². The predicted octanol–water partition coefficient (Wildman–Crippen LogP) is 6.14. The van der Waals surface area contributed by atoms with Crippen LogP contribution in [-0.2, 0) is 11.3 Å². The second kappa shape index (κ2) is 9.13. The van der Waals surface area contributed by atoms with Gasteiger partial charge < -0.3 is 5.32 Å². The quantitative estimate of drug-likeness (QED) is 0.502. The van der Waals surface area contributed by atoms with Crippen molar-refractivity contribution in [2.24, 2.45) is 0 Å². The number of benzene rings is 3. The maximum Gasteiger partial charge on any atom is 0.238 e. The molecule has 3 aromatic rings. The summed E-state index contributed by atoms with van der Waals surface area (Å²) in [7, 11) is 0. The molecular weight excluding hydrogens is 385 g/mol. The molecular formula is C21H17Cl2NOS. The lowest BCUT2D eigenvalue weighted by molar-refractivity contribution is -0.120. The molecule has 3 aromatic carbocycles. The van der Waals surface area contributed by atoms with E-state index in [9.17, 15) is 4.79 Å². The summed E-state index contributed by atoms with van der Waals surface area (Å²) in [6, 6.07) is 25.1. The Hall–Kier alpha value is -1.94. The van der Waals surface area contributed by atoms with Crippen molar-refractivity contribution in [1.29, 1.82) is 0 Å². The van der Waals surface area contributed by atoms with E-state index in [4.69, 9.17) is 23.2 Å². The zero-order valence-corrected chi connectivity index (χ0v) is 16.2. The lowest BCUT2D eigenvalue weighted by atomic mass is 10.1. The monoisotopic (exact) mass is 401 g/mol. The Morgan fingerprint density at radius 1 is 0.885 bits per heavy atom. The third kappa shape index (κ3) is 5.04. The maximum absolute atomic E-state index is 12.9. The van der Waals surface area contributed by atoms with Gasteiger partial charge in [-0.1, -0.05) is 77.8 Å². The van der Waals surface area contributed by atoms with Gasteiger partial charge in [0, 0.05) is 11.4 Å². The van der Waals surface area contributed by atoms with Crippen molar-refractivity contribution in [3.63, 3.8) is 0 Å². The molecule has 0 heterocycles. The minimum atomic E-state index is -0.332. The minimum absolute atomic E-state index is 0.0453. The third-order valence-corrected chi connectivity index (χ3v) is 5.79. The molecule has 0 saturated heterocycles. The maximum atomic E-state index is 12.9. The van der Waals surface area contributed by atoms with Crippen LogP contribution in [0.2, 0.25) is 10.0 Å². The molecule has 0 aromatic heterocycles. The summed E-state index contributed by atoms with van der Waals surface area (Å²) in [6.45, 7) is 0.397.